The standard InChI is InChI=1S/C26H31FN2/c27-26(19-29)5-3-1-2-4-20-6-10-22(11-7-20)24-14-16-25(17-15-24)23-12-8-21(18-28)9-13-23/h1,3,5,8-9,12-13,20,22,24-25H,2,4,6-7,10-11,14-17H2/b3-1+,26-5-/t20?,22?,24-,25-. The lowest BCUT2D eigenvalue weighted by Gasteiger charge is -2.38. The average Bonchev–Trinajstić information content (AvgIpc) is 2.79. The Bertz CT molecular complexity index is 777. The number of halogens is 1. The van der Waals surface area contributed by atoms with Gasteiger partial charge in [0, 0.05) is 0 Å². The quantitative estimate of drug-likeness (QED) is 0.376. The molecule has 2 aliphatic rings. The maximum absolute atomic E-state index is 12.7. The van der Waals surface area contributed by atoms with Crippen LogP contribution >= 0.6 is 0 Å². The van der Waals surface area contributed by atoms with Gasteiger partial charge in [0.1, 0.15) is 6.07 Å². The molecule has 0 aliphatic heterocycles. The van der Waals surface area contributed by atoms with Crippen molar-refractivity contribution in [1.82, 2.24) is 0 Å². The Labute approximate surface area is 174 Å². The lowest BCUT2D eigenvalue weighted by atomic mass is 9.68. The summed E-state index contributed by atoms with van der Waals surface area (Å²) in [6.45, 7) is 0. The van der Waals surface area contributed by atoms with Gasteiger partial charge in [-0.25, -0.2) is 0 Å². The van der Waals surface area contributed by atoms with Gasteiger partial charge in [0.05, 0.1) is 11.6 Å². The summed E-state index contributed by atoms with van der Waals surface area (Å²) in [4.78, 5) is 0. The highest BCUT2D eigenvalue weighted by molar-refractivity contribution is 5.33. The SMILES string of the molecule is N#C/C(F)=C/C=C/CCC1CCC([C@H]2CC[C@H](c3ccc(C#N)cc3)CC2)CC1. The molecule has 0 spiro atoms. The summed E-state index contributed by atoms with van der Waals surface area (Å²) in [5.74, 6) is 2.54. The van der Waals surface area contributed by atoms with Crippen LogP contribution in [0.3, 0.4) is 0 Å². The van der Waals surface area contributed by atoms with Crippen LogP contribution in [0.4, 0.5) is 4.39 Å². The minimum Gasteiger partial charge on any atom is -0.195 e. The monoisotopic (exact) mass is 390 g/mol. The van der Waals surface area contributed by atoms with Crippen molar-refractivity contribution >= 4 is 0 Å². The van der Waals surface area contributed by atoms with Gasteiger partial charge in [-0.15, -0.1) is 0 Å². The van der Waals surface area contributed by atoms with E-state index in [1.54, 1.807) is 6.08 Å². The number of hydrogen-bond acceptors (Lipinski definition) is 2. The Kier molecular flexibility index (Phi) is 8.06. The van der Waals surface area contributed by atoms with Gasteiger partial charge < -0.3 is 0 Å². The van der Waals surface area contributed by atoms with Gasteiger partial charge in [-0.05, 0) is 98.8 Å². The average molecular weight is 391 g/mol. The molecule has 0 radical (unpaired) electrons. The lowest BCUT2D eigenvalue weighted by Crippen LogP contribution is -2.25. The first-order valence-electron chi connectivity index (χ1n) is 11.1. The number of rotatable bonds is 6. The molecule has 0 bridgehead atoms. The lowest BCUT2D eigenvalue weighted by molar-refractivity contribution is 0.157. The molecule has 0 aromatic heterocycles. The maximum Gasteiger partial charge on any atom is 0.199 e. The third-order valence-electron chi connectivity index (χ3n) is 7.07. The highest BCUT2D eigenvalue weighted by atomic mass is 19.1. The number of allylic oxidation sites excluding steroid dienone is 4. The van der Waals surface area contributed by atoms with Crippen LogP contribution in [0.15, 0.2) is 48.3 Å². The third kappa shape index (κ3) is 6.30. The van der Waals surface area contributed by atoms with Gasteiger partial charge in [0.15, 0.2) is 5.83 Å². The van der Waals surface area contributed by atoms with Gasteiger partial charge in [-0.1, -0.05) is 37.1 Å². The van der Waals surface area contributed by atoms with Gasteiger partial charge in [-0.2, -0.15) is 14.9 Å². The molecule has 3 rings (SSSR count). The Morgan fingerprint density at radius 3 is 2.14 bits per heavy atom. The molecule has 29 heavy (non-hydrogen) atoms. The van der Waals surface area contributed by atoms with Crippen LogP contribution in [0.5, 0.6) is 0 Å². The topological polar surface area (TPSA) is 47.6 Å². The molecule has 0 atom stereocenters. The van der Waals surface area contributed by atoms with E-state index in [1.165, 1.54) is 75.5 Å². The molecular weight excluding hydrogens is 359 g/mol. The number of nitriles is 2. The predicted octanol–water partition coefficient (Wildman–Crippen LogP) is 7.35. The zero-order valence-corrected chi connectivity index (χ0v) is 17.2. The Hall–Kier alpha value is -2.39. The van der Waals surface area contributed by atoms with Crippen LogP contribution in [0, 0.1) is 40.4 Å². The van der Waals surface area contributed by atoms with Crippen molar-refractivity contribution in [2.24, 2.45) is 17.8 Å². The number of benzene rings is 1. The van der Waals surface area contributed by atoms with Gasteiger partial charge >= 0.3 is 0 Å². The highest BCUT2D eigenvalue weighted by Crippen LogP contribution is 2.44. The molecule has 0 N–H and O–H groups in total. The normalized spacial score (nSPS) is 28.0. The molecule has 2 nitrogen and oxygen atoms in total. The van der Waals surface area contributed by atoms with Crippen LogP contribution in [-0.2, 0) is 0 Å². The van der Waals surface area contributed by atoms with Crippen LogP contribution in [0.2, 0.25) is 0 Å². The fourth-order valence-electron chi connectivity index (χ4n) is 5.32. The zero-order valence-electron chi connectivity index (χ0n) is 17.2. The van der Waals surface area contributed by atoms with E-state index in [1.807, 2.05) is 18.2 Å². The van der Waals surface area contributed by atoms with Crippen LogP contribution in [0.25, 0.3) is 0 Å². The molecule has 2 aliphatic carbocycles. The van der Waals surface area contributed by atoms with Gasteiger partial charge in [0.25, 0.3) is 0 Å². The van der Waals surface area contributed by atoms with E-state index in [0.717, 1.165) is 29.7 Å². The second-order valence-corrected chi connectivity index (χ2v) is 8.76. The van der Waals surface area contributed by atoms with Crippen molar-refractivity contribution in [3.8, 4) is 12.1 Å². The summed E-state index contributed by atoms with van der Waals surface area (Å²) in [6.07, 6.45) is 17.7. The minimum absolute atomic E-state index is 0.669. The zero-order chi connectivity index (χ0) is 20.5. The first kappa shape index (κ1) is 21.3. The Morgan fingerprint density at radius 1 is 0.931 bits per heavy atom. The molecule has 2 fully saturated rings. The Balaban J connectivity index is 1.36. The summed E-state index contributed by atoms with van der Waals surface area (Å²) < 4.78 is 12.7. The number of nitrogens with zero attached hydrogens (tertiary/aromatic N) is 2. The van der Waals surface area contributed by atoms with E-state index < -0.39 is 5.83 Å². The molecular formula is C26H31FN2. The predicted molar refractivity (Wildman–Crippen MR) is 114 cm³/mol. The largest absolute Gasteiger partial charge is 0.199 e. The summed E-state index contributed by atoms with van der Waals surface area (Å²) in [6, 6.07) is 11.9. The van der Waals surface area contributed by atoms with Crippen molar-refractivity contribution in [2.75, 3.05) is 0 Å². The molecule has 3 heteroatoms. The van der Waals surface area contributed by atoms with Crippen molar-refractivity contribution in [3.05, 3.63) is 59.4 Å². The highest BCUT2D eigenvalue weighted by Gasteiger charge is 2.31. The fourth-order valence-corrected chi connectivity index (χ4v) is 5.32. The van der Waals surface area contributed by atoms with Crippen LogP contribution < -0.4 is 0 Å². The van der Waals surface area contributed by atoms with E-state index in [9.17, 15) is 4.39 Å². The van der Waals surface area contributed by atoms with Crippen molar-refractivity contribution in [1.29, 1.82) is 10.5 Å². The van der Waals surface area contributed by atoms with Crippen molar-refractivity contribution in [3.63, 3.8) is 0 Å². The first-order chi connectivity index (χ1) is 14.2. The molecule has 0 saturated heterocycles. The first-order valence-corrected chi connectivity index (χ1v) is 11.1. The van der Waals surface area contributed by atoms with Gasteiger partial charge in [-0.3, -0.25) is 0 Å². The minimum atomic E-state index is -0.726. The number of hydrogen-bond donors (Lipinski definition) is 0. The summed E-state index contributed by atoms with van der Waals surface area (Å²) in [5, 5.41) is 17.3. The van der Waals surface area contributed by atoms with Crippen molar-refractivity contribution in [2.45, 2.75) is 70.1 Å². The van der Waals surface area contributed by atoms with E-state index in [4.69, 9.17) is 10.5 Å². The Morgan fingerprint density at radius 2 is 1.55 bits per heavy atom. The molecule has 0 amide bonds. The van der Waals surface area contributed by atoms with Crippen LogP contribution in [0.1, 0.15) is 81.3 Å². The van der Waals surface area contributed by atoms with E-state index in [0.29, 0.717) is 5.92 Å². The van der Waals surface area contributed by atoms with Gasteiger partial charge in [0.2, 0.25) is 0 Å². The van der Waals surface area contributed by atoms with E-state index in [-0.39, 0.29) is 0 Å². The molecule has 0 unspecified atom stereocenters. The molecule has 2 saturated carbocycles. The second kappa shape index (κ2) is 11.0. The molecule has 0 heterocycles. The van der Waals surface area contributed by atoms with Crippen molar-refractivity contribution < 1.29 is 4.39 Å². The summed E-state index contributed by atoms with van der Waals surface area (Å²) in [7, 11) is 0. The molecule has 152 valence electrons. The van der Waals surface area contributed by atoms with Crippen LogP contribution in [-0.4, -0.2) is 0 Å². The fraction of sp³-hybridized carbons (Fsp3) is 0.538. The third-order valence-corrected chi connectivity index (χ3v) is 7.07. The smallest absolute Gasteiger partial charge is 0.195 e. The maximum atomic E-state index is 12.7. The van der Waals surface area contributed by atoms with E-state index in [2.05, 4.69) is 18.2 Å². The second-order valence-electron chi connectivity index (χ2n) is 8.76. The summed E-state index contributed by atoms with van der Waals surface area (Å²) in [5.41, 5.74) is 2.16. The van der Waals surface area contributed by atoms with E-state index >= 15 is 0 Å². The molecule has 1 aromatic carbocycles. The summed E-state index contributed by atoms with van der Waals surface area (Å²) >= 11 is 0. The molecule has 1 aromatic rings.